The van der Waals surface area contributed by atoms with Crippen molar-refractivity contribution in [2.75, 3.05) is 19.6 Å². The summed E-state index contributed by atoms with van der Waals surface area (Å²) in [6, 6.07) is 1.18. The summed E-state index contributed by atoms with van der Waals surface area (Å²) < 4.78 is 0. The first-order valence-corrected chi connectivity index (χ1v) is 6.88. The van der Waals surface area contributed by atoms with Crippen molar-refractivity contribution < 1.29 is 0 Å². The fourth-order valence-corrected chi connectivity index (χ4v) is 2.81. The Bertz CT molecular complexity index is 390. The summed E-state index contributed by atoms with van der Waals surface area (Å²) in [6.45, 7) is 10.2. The maximum absolute atomic E-state index is 4.48. The van der Waals surface area contributed by atoms with E-state index in [1.165, 1.54) is 13.0 Å². The van der Waals surface area contributed by atoms with Gasteiger partial charge in [0.25, 0.3) is 0 Å². The second-order valence-electron chi connectivity index (χ2n) is 5.14. The molecule has 0 bridgehead atoms. The van der Waals surface area contributed by atoms with Crippen molar-refractivity contribution in [1.82, 2.24) is 9.80 Å². The van der Waals surface area contributed by atoms with E-state index in [-0.39, 0.29) is 0 Å². The molecule has 0 aromatic heterocycles. The maximum atomic E-state index is 4.48. The van der Waals surface area contributed by atoms with Crippen LogP contribution in [0, 0.1) is 0 Å². The lowest BCUT2D eigenvalue weighted by Gasteiger charge is -2.45. The second kappa shape index (κ2) is 6.03. The summed E-state index contributed by atoms with van der Waals surface area (Å²) in [5.41, 5.74) is 3.06. The predicted molar refractivity (Wildman–Crippen MR) is 76.7 cm³/mol. The Labute approximate surface area is 110 Å². The molecule has 0 spiro atoms. The lowest BCUT2D eigenvalue weighted by atomic mass is 10.1. The zero-order chi connectivity index (χ0) is 13.0. The summed E-state index contributed by atoms with van der Waals surface area (Å²) in [4.78, 5) is 9.47. The molecule has 3 nitrogen and oxygen atoms in total. The van der Waals surface area contributed by atoms with Gasteiger partial charge in [-0.15, -0.1) is 5.73 Å². The van der Waals surface area contributed by atoms with Crippen LogP contribution in [0.15, 0.2) is 34.8 Å². The first kappa shape index (κ1) is 13.1. The van der Waals surface area contributed by atoms with Crippen molar-refractivity contribution in [3.8, 4) is 0 Å². The summed E-state index contributed by atoms with van der Waals surface area (Å²) >= 11 is 0. The van der Waals surface area contributed by atoms with Crippen molar-refractivity contribution in [2.24, 2.45) is 4.99 Å². The number of hydrogen-bond donors (Lipinski definition) is 0. The molecule has 0 N–H and O–H groups in total. The van der Waals surface area contributed by atoms with Crippen molar-refractivity contribution >= 4 is 6.21 Å². The van der Waals surface area contributed by atoms with Gasteiger partial charge in [-0.1, -0.05) is 6.92 Å². The number of allylic oxidation sites excluding steroid dienone is 2. The van der Waals surface area contributed by atoms with E-state index in [9.17, 15) is 0 Å². The van der Waals surface area contributed by atoms with Crippen LogP contribution in [-0.2, 0) is 0 Å². The highest BCUT2D eigenvalue weighted by Gasteiger charge is 2.29. The molecule has 1 saturated heterocycles. The zero-order valence-corrected chi connectivity index (χ0v) is 11.6. The van der Waals surface area contributed by atoms with Gasteiger partial charge in [0.05, 0.1) is 0 Å². The van der Waals surface area contributed by atoms with Gasteiger partial charge in [0, 0.05) is 31.4 Å². The Balaban J connectivity index is 2.06. The monoisotopic (exact) mass is 245 g/mol. The Morgan fingerprint density at radius 2 is 2.00 bits per heavy atom. The molecule has 1 fully saturated rings. The standard InChI is InChI=1S/C15H23N3/c1-4-10-18-13(2)11-17(12-14(18)3)15-8-6-5-7-9-16-15/h6-9,13-14H,4,10-12H2,1-3H3/t13-,14+. The van der Waals surface area contributed by atoms with Gasteiger partial charge >= 0.3 is 0 Å². The first-order chi connectivity index (χ1) is 8.72. The number of rotatable bonds is 3. The Kier molecular flexibility index (Phi) is 4.40. The van der Waals surface area contributed by atoms with E-state index in [1.54, 1.807) is 0 Å². The van der Waals surface area contributed by atoms with E-state index in [0.29, 0.717) is 12.1 Å². The molecular weight excluding hydrogens is 222 g/mol. The van der Waals surface area contributed by atoms with E-state index in [0.717, 1.165) is 18.9 Å². The Hall–Kier alpha value is -1.31. The summed E-state index contributed by atoms with van der Waals surface area (Å²) in [7, 11) is 0. The molecule has 0 radical (unpaired) electrons. The van der Waals surface area contributed by atoms with Crippen LogP contribution in [0.2, 0.25) is 0 Å². The molecule has 2 aliphatic heterocycles. The quantitative estimate of drug-likeness (QED) is 0.711. The Morgan fingerprint density at radius 3 is 2.67 bits per heavy atom. The largest absolute Gasteiger partial charge is 0.353 e. The van der Waals surface area contributed by atoms with Crippen molar-refractivity contribution in [3.63, 3.8) is 0 Å². The van der Waals surface area contributed by atoms with Crippen molar-refractivity contribution in [2.45, 2.75) is 39.3 Å². The fraction of sp³-hybridized carbons (Fsp3) is 0.600. The van der Waals surface area contributed by atoms with Crippen LogP contribution in [0.25, 0.3) is 0 Å². The lowest BCUT2D eigenvalue weighted by Crippen LogP contribution is -2.56. The van der Waals surface area contributed by atoms with Gasteiger partial charge < -0.3 is 4.90 Å². The number of nitrogens with zero attached hydrogens (tertiary/aromatic N) is 3. The molecule has 0 saturated carbocycles. The number of piperazine rings is 1. The first-order valence-electron chi connectivity index (χ1n) is 6.88. The highest BCUT2D eigenvalue weighted by molar-refractivity contribution is 5.72. The number of hydrogen-bond acceptors (Lipinski definition) is 3. The number of aliphatic imine (C=N–C) groups is 1. The molecule has 2 rings (SSSR count). The summed E-state index contributed by atoms with van der Waals surface area (Å²) in [5.74, 6) is 1.06. The molecule has 2 atom stereocenters. The van der Waals surface area contributed by atoms with Crippen LogP contribution in [-0.4, -0.2) is 47.7 Å². The molecular formula is C15H23N3. The van der Waals surface area contributed by atoms with Gasteiger partial charge in [-0.05, 0) is 45.0 Å². The van der Waals surface area contributed by atoms with E-state index in [1.807, 2.05) is 18.4 Å². The van der Waals surface area contributed by atoms with Gasteiger partial charge in [-0.25, -0.2) is 4.99 Å². The molecule has 18 heavy (non-hydrogen) atoms. The van der Waals surface area contributed by atoms with Crippen LogP contribution < -0.4 is 0 Å². The van der Waals surface area contributed by atoms with Crippen molar-refractivity contribution in [1.29, 1.82) is 0 Å². The smallest absolute Gasteiger partial charge is 0.129 e. The van der Waals surface area contributed by atoms with Gasteiger partial charge in [0.1, 0.15) is 5.82 Å². The summed E-state index contributed by atoms with van der Waals surface area (Å²) in [6.07, 6.45) is 8.89. The third-order valence-electron chi connectivity index (χ3n) is 3.61. The Morgan fingerprint density at radius 1 is 1.28 bits per heavy atom. The van der Waals surface area contributed by atoms with Gasteiger partial charge in [-0.3, -0.25) is 4.90 Å². The molecule has 0 aromatic rings. The average molecular weight is 245 g/mol. The average Bonchev–Trinajstić information content (AvgIpc) is 2.62. The van der Waals surface area contributed by atoms with Gasteiger partial charge in [0.15, 0.2) is 0 Å². The van der Waals surface area contributed by atoms with Gasteiger partial charge in [0.2, 0.25) is 0 Å². The van der Waals surface area contributed by atoms with E-state index in [2.05, 4.69) is 47.4 Å². The topological polar surface area (TPSA) is 18.8 Å². The van der Waals surface area contributed by atoms with Gasteiger partial charge in [-0.2, -0.15) is 0 Å². The molecule has 2 heterocycles. The maximum Gasteiger partial charge on any atom is 0.129 e. The summed E-state index contributed by atoms with van der Waals surface area (Å²) in [5, 5.41) is 0. The van der Waals surface area contributed by atoms with Crippen molar-refractivity contribution in [3.05, 3.63) is 29.8 Å². The van der Waals surface area contributed by atoms with Crippen LogP contribution in [0.3, 0.4) is 0 Å². The molecule has 0 unspecified atom stereocenters. The molecule has 2 aliphatic rings. The highest BCUT2D eigenvalue weighted by Crippen LogP contribution is 2.20. The third kappa shape index (κ3) is 2.92. The zero-order valence-electron chi connectivity index (χ0n) is 11.6. The minimum Gasteiger partial charge on any atom is -0.353 e. The van der Waals surface area contributed by atoms with Crippen LogP contribution >= 0.6 is 0 Å². The molecule has 0 aromatic carbocycles. The second-order valence-corrected chi connectivity index (χ2v) is 5.14. The normalized spacial score (nSPS) is 28.4. The SMILES string of the molecule is CCCN1[C@H](C)CN(C2=CC=C=CC=N2)C[C@@H]1C. The van der Waals surface area contributed by atoms with E-state index < -0.39 is 0 Å². The third-order valence-corrected chi connectivity index (χ3v) is 3.61. The molecule has 98 valence electrons. The van der Waals surface area contributed by atoms with E-state index >= 15 is 0 Å². The van der Waals surface area contributed by atoms with Crippen LogP contribution in [0.1, 0.15) is 27.2 Å². The van der Waals surface area contributed by atoms with Crippen LogP contribution in [0.5, 0.6) is 0 Å². The highest BCUT2D eigenvalue weighted by atomic mass is 15.3. The van der Waals surface area contributed by atoms with E-state index in [4.69, 9.17) is 0 Å². The lowest BCUT2D eigenvalue weighted by molar-refractivity contribution is 0.0557. The minimum absolute atomic E-state index is 0.588. The van der Waals surface area contributed by atoms with Crippen LogP contribution in [0.4, 0.5) is 0 Å². The minimum atomic E-state index is 0.588. The predicted octanol–water partition coefficient (Wildman–Crippen LogP) is 2.43. The molecule has 0 aliphatic carbocycles. The fourth-order valence-electron chi connectivity index (χ4n) is 2.81. The molecule has 3 heteroatoms. The molecule has 0 amide bonds.